The summed E-state index contributed by atoms with van der Waals surface area (Å²) in [6.45, 7) is 4.33. The molecule has 0 atom stereocenters. The maximum atomic E-state index is 5.84. The lowest BCUT2D eigenvalue weighted by molar-refractivity contribution is 0.846. The van der Waals surface area contributed by atoms with E-state index >= 15 is 0 Å². The van der Waals surface area contributed by atoms with E-state index in [4.69, 9.17) is 5.73 Å². The molecule has 0 spiro atoms. The van der Waals surface area contributed by atoms with Gasteiger partial charge in [-0.25, -0.2) is 4.98 Å². The van der Waals surface area contributed by atoms with E-state index in [1.54, 1.807) is 35.5 Å². The molecule has 2 heterocycles. The fourth-order valence-corrected chi connectivity index (χ4v) is 3.10. The number of nitrogens with zero attached hydrogens (tertiary/aromatic N) is 2. The molecule has 0 aliphatic heterocycles. The standard InChI is InChI=1S/C12H15N3S2/c1-8(2)12-15-9(7-17-12)6-16-11-3-4-14-5-10(11)13/h3-5,7-8H,6,13H2,1-2H3. The molecule has 0 saturated heterocycles. The van der Waals surface area contributed by atoms with Crippen molar-refractivity contribution >= 4 is 28.8 Å². The minimum atomic E-state index is 0.504. The lowest BCUT2D eigenvalue weighted by Gasteiger charge is -2.02. The number of rotatable bonds is 4. The van der Waals surface area contributed by atoms with Crippen LogP contribution in [0.5, 0.6) is 0 Å². The number of thiazole rings is 1. The first-order chi connectivity index (χ1) is 8.16. The average Bonchev–Trinajstić information content (AvgIpc) is 2.77. The molecule has 0 aliphatic carbocycles. The molecule has 2 aromatic heterocycles. The Morgan fingerprint density at radius 3 is 2.94 bits per heavy atom. The van der Waals surface area contributed by atoms with Crippen molar-refractivity contribution in [2.24, 2.45) is 0 Å². The van der Waals surface area contributed by atoms with Crippen molar-refractivity contribution in [2.45, 2.75) is 30.4 Å². The van der Waals surface area contributed by atoms with E-state index < -0.39 is 0 Å². The van der Waals surface area contributed by atoms with Gasteiger partial charge in [0.25, 0.3) is 0 Å². The Morgan fingerprint density at radius 1 is 1.47 bits per heavy atom. The number of aromatic nitrogens is 2. The average molecular weight is 265 g/mol. The number of hydrogen-bond acceptors (Lipinski definition) is 5. The Morgan fingerprint density at radius 2 is 2.29 bits per heavy atom. The summed E-state index contributed by atoms with van der Waals surface area (Å²) in [5.74, 6) is 1.36. The van der Waals surface area contributed by atoms with Crippen LogP contribution in [0.25, 0.3) is 0 Å². The fourth-order valence-electron chi connectivity index (χ4n) is 1.33. The molecule has 0 unspecified atom stereocenters. The van der Waals surface area contributed by atoms with Crippen LogP contribution in [0.2, 0.25) is 0 Å². The predicted molar refractivity (Wildman–Crippen MR) is 74.4 cm³/mol. The largest absolute Gasteiger partial charge is 0.397 e. The van der Waals surface area contributed by atoms with Gasteiger partial charge in [-0.05, 0) is 6.07 Å². The van der Waals surface area contributed by atoms with Crippen LogP contribution in [0.15, 0.2) is 28.7 Å². The fraction of sp³-hybridized carbons (Fsp3) is 0.333. The zero-order valence-electron chi connectivity index (χ0n) is 9.88. The number of pyridine rings is 1. The number of nitrogen functional groups attached to an aromatic ring is 1. The monoisotopic (exact) mass is 265 g/mol. The number of thioether (sulfide) groups is 1. The highest BCUT2D eigenvalue weighted by Gasteiger charge is 2.07. The van der Waals surface area contributed by atoms with E-state index in [0.717, 1.165) is 22.0 Å². The number of hydrogen-bond donors (Lipinski definition) is 1. The highest BCUT2D eigenvalue weighted by molar-refractivity contribution is 7.98. The van der Waals surface area contributed by atoms with Crippen LogP contribution in [-0.2, 0) is 5.75 Å². The molecule has 5 heteroatoms. The molecule has 0 aromatic carbocycles. The van der Waals surface area contributed by atoms with Crippen molar-refractivity contribution in [3.8, 4) is 0 Å². The van der Waals surface area contributed by atoms with Crippen LogP contribution < -0.4 is 5.73 Å². The zero-order valence-corrected chi connectivity index (χ0v) is 11.5. The summed E-state index contributed by atoms with van der Waals surface area (Å²) < 4.78 is 0. The molecule has 17 heavy (non-hydrogen) atoms. The predicted octanol–water partition coefficient (Wildman–Crippen LogP) is 3.54. The molecule has 2 aromatic rings. The maximum absolute atomic E-state index is 5.84. The topological polar surface area (TPSA) is 51.8 Å². The summed E-state index contributed by atoms with van der Waals surface area (Å²) in [4.78, 5) is 9.64. The molecule has 0 aliphatic rings. The first-order valence-electron chi connectivity index (χ1n) is 5.43. The molecule has 0 fully saturated rings. The van der Waals surface area contributed by atoms with E-state index in [1.807, 2.05) is 6.07 Å². The maximum Gasteiger partial charge on any atom is 0.0954 e. The third-order valence-corrected chi connectivity index (χ3v) is 4.57. The highest BCUT2D eigenvalue weighted by atomic mass is 32.2. The van der Waals surface area contributed by atoms with Crippen molar-refractivity contribution < 1.29 is 0 Å². The van der Waals surface area contributed by atoms with Gasteiger partial charge < -0.3 is 5.73 Å². The molecule has 0 radical (unpaired) electrons. The third kappa shape index (κ3) is 3.20. The van der Waals surface area contributed by atoms with Gasteiger partial charge in [0.2, 0.25) is 0 Å². The van der Waals surface area contributed by atoms with Gasteiger partial charge in [0.1, 0.15) is 0 Å². The second-order valence-electron chi connectivity index (χ2n) is 4.03. The van der Waals surface area contributed by atoms with Crippen molar-refractivity contribution in [3.63, 3.8) is 0 Å². The van der Waals surface area contributed by atoms with Gasteiger partial charge in [-0.15, -0.1) is 23.1 Å². The van der Waals surface area contributed by atoms with E-state index in [0.29, 0.717) is 5.92 Å². The minimum absolute atomic E-state index is 0.504. The van der Waals surface area contributed by atoms with Gasteiger partial charge in [-0.1, -0.05) is 13.8 Å². The van der Waals surface area contributed by atoms with Crippen LogP contribution in [-0.4, -0.2) is 9.97 Å². The zero-order chi connectivity index (χ0) is 12.3. The lowest BCUT2D eigenvalue weighted by Crippen LogP contribution is -1.90. The SMILES string of the molecule is CC(C)c1nc(CSc2ccncc2N)cs1. The minimum Gasteiger partial charge on any atom is -0.397 e. The van der Waals surface area contributed by atoms with Crippen molar-refractivity contribution in [1.82, 2.24) is 9.97 Å². The van der Waals surface area contributed by atoms with E-state index in [2.05, 4.69) is 29.2 Å². The van der Waals surface area contributed by atoms with E-state index in [1.165, 1.54) is 5.01 Å². The second kappa shape index (κ2) is 5.51. The Bertz CT molecular complexity index is 494. The molecule has 2 N–H and O–H groups in total. The summed E-state index contributed by atoms with van der Waals surface area (Å²) >= 11 is 3.43. The quantitative estimate of drug-likeness (QED) is 0.859. The number of anilines is 1. The normalized spacial score (nSPS) is 11.0. The second-order valence-corrected chi connectivity index (χ2v) is 5.94. The third-order valence-electron chi connectivity index (χ3n) is 2.25. The Hall–Kier alpha value is -1.07. The van der Waals surface area contributed by atoms with Crippen LogP contribution in [0.1, 0.15) is 30.5 Å². The molecule has 0 bridgehead atoms. The first kappa shape index (κ1) is 12.4. The molecular weight excluding hydrogens is 250 g/mol. The summed E-state index contributed by atoms with van der Waals surface area (Å²) in [6.07, 6.45) is 3.45. The summed E-state index contributed by atoms with van der Waals surface area (Å²) in [7, 11) is 0. The summed E-state index contributed by atoms with van der Waals surface area (Å²) in [5, 5.41) is 3.32. The van der Waals surface area contributed by atoms with Gasteiger partial charge in [-0.2, -0.15) is 0 Å². The van der Waals surface area contributed by atoms with Crippen molar-refractivity contribution in [2.75, 3.05) is 5.73 Å². The van der Waals surface area contributed by atoms with Crippen molar-refractivity contribution in [3.05, 3.63) is 34.5 Å². The first-order valence-corrected chi connectivity index (χ1v) is 7.30. The highest BCUT2D eigenvalue weighted by Crippen LogP contribution is 2.28. The van der Waals surface area contributed by atoms with Crippen LogP contribution in [0, 0.1) is 0 Å². The van der Waals surface area contributed by atoms with Gasteiger partial charge in [0.05, 0.1) is 22.6 Å². The van der Waals surface area contributed by atoms with Gasteiger partial charge in [0, 0.05) is 28.1 Å². The summed E-state index contributed by atoms with van der Waals surface area (Å²) in [5.41, 5.74) is 7.70. The van der Waals surface area contributed by atoms with Gasteiger partial charge in [0.15, 0.2) is 0 Å². The van der Waals surface area contributed by atoms with E-state index in [9.17, 15) is 0 Å². The van der Waals surface area contributed by atoms with Crippen LogP contribution in [0.3, 0.4) is 0 Å². The Labute approximate surface area is 109 Å². The Kier molecular flexibility index (Phi) is 4.02. The lowest BCUT2D eigenvalue weighted by atomic mass is 10.2. The molecule has 3 nitrogen and oxygen atoms in total. The Balaban J connectivity index is 2.00. The smallest absolute Gasteiger partial charge is 0.0954 e. The van der Waals surface area contributed by atoms with E-state index in [-0.39, 0.29) is 0 Å². The van der Waals surface area contributed by atoms with Crippen LogP contribution in [0.4, 0.5) is 5.69 Å². The molecule has 90 valence electrons. The molecular formula is C12H15N3S2. The molecule has 0 amide bonds. The van der Waals surface area contributed by atoms with Crippen molar-refractivity contribution in [1.29, 1.82) is 0 Å². The molecule has 2 rings (SSSR count). The van der Waals surface area contributed by atoms with Gasteiger partial charge in [-0.3, -0.25) is 4.98 Å². The summed E-state index contributed by atoms with van der Waals surface area (Å²) in [6, 6.07) is 1.94. The van der Waals surface area contributed by atoms with Crippen LogP contribution >= 0.6 is 23.1 Å². The number of nitrogens with two attached hydrogens (primary N) is 1. The molecule has 0 saturated carbocycles. The van der Waals surface area contributed by atoms with Gasteiger partial charge >= 0.3 is 0 Å².